The van der Waals surface area contributed by atoms with Gasteiger partial charge in [-0.15, -0.1) is 0 Å². The van der Waals surface area contributed by atoms with Gasteiger partial charge in [0, 0.05) is 35.8 Å². The lowest BCUT2D eigenvalue weighted by atomic mass is 10.0. The summed E-state index contributed by atoms with van der Waals surface area (Å²) in [5.74, 6) is 0. The van der Waals surface area contributed by atoms with E-state index in [2.05, 4.69) is 24.1 Å². The average molecular weight is 286 g/mol. The van der Waals surface area contributed by atoms with Crippen LogP contribution in [0.5, 0.6) is 0 Å². The summed E-state index contributed by atoms with van der Waals surface area (Å²) in [6.07, 6.45) is 0. The predicted molar refractivity (Wildman–Crippen MR) is 77.6 cm³/mol. The second kappa shape index (κ2) is 6.32. The average Bonchev–Trinajstić information content (AvgIpc) is 2.30. The monoisotopic (exact) mass is 285 g/mol. The molecule has 1 rings (SSSR count). The largest absolute Gasteiger partial charge is 0.311 e. The van der Waals surface area contributed by atoms with E-state index in [1.165, 1.54) is 12.1 Å². The zero-order valence-electron chi connectivity index (χ0n) is 11.7. The van der Waals surface area contributed by atoms with Gasteiger partial charge in [0.15, 0.2) is 0 Å². The van der Waals surface area contributed by atoms with Gasteiger partial charge in [-0.25, -0.2) is 0 Å². The lowest BCUT2D eigenvalue weighted by Gasteiger charge is -2.32. The highest BCUT2D eigenvalue weighted by Crippen LogP contribution is 2.22. The highest BCUT2D eigenvalue weighted by Gasteiger charge is 2.19. The second-order valence-electron chi connectivity index (χ2n) is 5.34. The Morgan fingerprint density at radius 1 is 1.42 bits per heavy atom. The molecule has 0 heterocycles. The van der Waals surface area contributed by atoms with Crippen molar-refractivity contribution < 1.29 is 4.92 Å². The fraction of sp³-hybridized carbons (Fsp3) is 0.538. The number of nitro benzene ring substituents is 1. The lowest BCUT2D eigenvalue weighted by Crippen LogP contribution is -2.46. The number of benzene rings is 1. The number of rotatable bonds is 6. The van der Waals surface area contributed by atoms with Crippen LogP contribution < -0.4 is 5.32 Å². The summed E-state index contributed by atoms with van der Waals surface area (Å²) in [6.45, 7) is 5.51. The molecule has 1 N–H and O–H groups in total. The highest BCUT2D eigenvalue weighted by atomic mass is 35.5. The fourth-order valence-corrected chi connectivity index (χ4v) is 1.66. The van der Waals surface area contributed by atoms with E-state index >= 15 is 0 Å². The van der Waals surface area contributed by atoms with Gasteiger partial charge in [-0.05, 0) is 39.6 Å². The molecule has 0 saturated carbocycles. The molecule has 0 radical (unpaired) electrons. The number of likely N-dealkylation sites (N-methyl/N-ethyl adjacent to an activating group) is 1. The van der Waals surface area contributed by atoms with Crippen molar-refractivity contribution in [3.8, 4) is 0 Å². The van der Waals surface area contributed by atoms with Gasteiger partial charge in [0.05, 0.1) is 4.92 Å². The number of hydrogen-bond donors (Lipinski definition) is 1. The van der Waals surface area contributed by atoms with E-state index in [0.29, 0.717) is 11.6 Å². The van der Waals surface area contributed by atoms with Gasteiger partial charge in [-0.3, -0.25) is 10.1 Å². The molecule has 1 aromatic rings. The molecule has 0 spiro atoms. The Labute approximate surface area is 118 Å². The van der Waals surface area contributed by atoms with Crippen molar-refractivity contribution in [3.63, 3.8) is 0 Å². The molecule has 0 aromatic heterocycles. The molecule has 0 fully saturated rings. The Hall–Kier alpha value is -1.17. The van der Waals surface area contributed by atoms with Crippen LogP contribution in [0.15, 0.2) is 18.2 Å². The lowest BCUT2D eigenvalue weighted by molar-refractivity contribution is -0.384. The molecule has 106 valence electrons. The van der Waals surface area contributed by atoms with E-state index in [4.69, 9.17) is 11.6 Å². The molecule has 0 bridgehead atoms. The molecule has 5 nitrogen and oxygen atoms in total. The molecule has 0 atom stereocenters. The predicted octanol–water partition coefficient (Wildman–Crippen LogP) is 2.68. The van der Waals surface area contributed by atoms with Gasteiger partial charge in [0.1, 0.15) is 0 Å². The van der Waals surface area contributed by atoms with Crippen LogP contribution in [0.3, 0.4) is 0 Å². The number of nitrogens with zero attached hydrogens (tertiary/aromatic N) is 2. The quantitative estimate of drug-likeness (QED) is 0.645. The van der Waals surface area contributed by atoms with Crippen molar-refractivity contribution in [2.75, 3.05) is 20.6 Å². The van der Waals surface area contributed by atoms with Crippen LogP contribution in [-0.2, 0) is 6.54 Å². The molecule has 0 unspecified atom stereocenters. The molecular weight excluding hydrogens is 266 g/mol. The third kappa shape index (κ3) is 4.45. The maximum atomic E-state index is 10.7. The first-order chi connectivity index (χ1) is 8.74. The number of hydrogen-bond acceptors (Lipinski definition) is 4. The zero-order chi connectivity index (χ0) is 14.6. The third-order valence-electron chi connectivity index (χ3n) is 3.32. The van der Waals surface area contributed by atoms with Crippen LogP contribution in [0.1, 0.15) is 19.4 Å². The Bertz CT molecular complexity index is 461. The molecule has 1 aromatic carbocycles. The van der Waals surface area contributed by atoms with Crippen molar-refractivity contribution in [2.45, 2.75) is 25.9 Å². The van der Waals surface area contributed by atoms with Crippen molar-refractivity contribution in [1.82, 2.24) is 10.2 Å². The van der Waals surface area contributed by atoms with Gasteiger partial charge >= 0.3 is 0 Å². The topological polar surface area (TPSA) is 58.4 Å². The summed E-state index contributed by atoms with van der Waals surface area (Å²) in [5.41, 5.74) is 0.811. The standard InChI is InChI=1S/C13H20ClN3O2/c1-13(2,16(3)4)9-15-8-10-7-11(17(18)19)5-6-12(10)14/h5-7,15H,8-9H2,1-4H3. The molecule has 0 aliphatic rings. The third-order valence-corrected chi connectivity index (χ3v) is 3.69. The Morgan fingerprint density at radius 3 is 2.58 bits per heavy atom. The van der Waals surface area contributed by atoms with Crippen LogP contribution in [0.4, 0.5) is 5.69 Å². The van der Waals surface area contributed by atoms with Crippen molar-refractivity contribution >= 4 is 17.3 Å². The maximum absolute atomic E-state index is 10.7. The van der Waals surface area contributed by atoms with Crippen molar-refractivity contribution in [3.05, 3.63) is 38.9 Å². The van der Waals surface area contributed by atoms with E-state index in [0.717, 1.165) is 12.1 Å². The normalized spacial score (nSPS) is 11.9. The first-order valence-electron chi connectivity index (χ1n) is 6.05. The maximum Gasteiger partial charge on any atom is 0.269 e. The minimum Gasteiger partial charge on any atom is -0.311 e. The van der Waals surface area contributed by atoms with Crippen LogP contribution in [-0.4, -0.2) is 36.0 Å². The molecule has 0 aliphatic heterocycles. The van der Waals surface area contributed by atoms with E-state index in [1.807, 2.05) is 14.1 Å². The molecular formula is C13H20ClN3O2. The summed E-state index contributed by atoms with van der Waals surface area (Å²) in [7, 11) is 4.03. The van der Waals surface area contributed by atoms with Gasteiger partial charge < -0.3 is 10.2 Å². The SMILES string of the molecule is CN(C)C(C)(C)CNCc1cc([N+](=O)[O-])ccc1Cl. The number of nitro groups is 1. The van der Waals surface area contributed by atoms with Gasteiger partial charge in [0.25, 0.3) is 5.69 Å². The summed E-state index contributed by atoms with van der Waals surface area (Å²) >= 11 is 6.04. The Balaban J connectivity index is 2.68. The van der Waals surface area contributed by atoms with Crippen molar-refractivity contribution in [1.29, 1.82) is 0 Å². The van der Waals surface area contributed by atoms with Crippen LogP contribution >= 0.6 is 11.6 Å². The number of nitrogens with one attached hydrogen (secondary N) is 1. The first-order valence-corrected chi connectivity index (χ1v) is 6.43. The first kappa shape index (κ1) is 15.9. The minimum atomic E-state index is -0.413. The minimum absolute atomic E-state index is 0.00713. The molecule has 19 heavy (non-hydrogen) atoms. The Morgan fingerprint density at radius 2 is 2.05 bits per heavy atom. The highest BCUT2D eigenvalue weighted by molar-refractivity contribution is 6.31. The van der Waals surface area contributed by atoms with E-state index < -0.39 is 4.92 Å². The van der Waals surface area contributed by atoms with Crippen LogP contribution in [0.2, 0.25) is 5.02 Å². The van der Waals surface area contributed by atoms with E-state index in [-0.39, 0.29) is 11.2 Å². The molecule has 0 saturated heterocycles. The molecule has 6 heteroatoms. The zero-order valence-corrected chi connectivity index (χ0v) is 12.5. The summed E-state index contributed by atoms with van der Waals surface area (Å²) in [4.78, 5) is 12.4. The number of non-ortho nitro benzene ring substituents is 1. The summed E-state index contributed by atoms with van der Waals surface area (Å²) in [5, 5.41) is 14.5. The summed E-state index contributed by atoms with van der Waals surface area (Å²) in [6, 6.07) is 4.49. The van der Waals surface area contributed by atoms with Gasteiger partial charge in [0.2, 0.25) is 0 Å². The van der Waals surface area contributed by atoms with Gasteiger partial charge in [-0.2, -0.15) is 0 Å². The fourth-order valence-electron chi connectivity index (χ4n) is 1.47. The second-order valence-corrected chi connectivity index (χ2v) is 5.75. The van der Waals surface area contributed by atoms with E-state index in [1.54, 1.807) is 6.07 Å². The summed E-state index contributed by atoms with van der Waals surface area (Å²) < 4.78 is 0. The van der Waals surface area contributed by atoms with Crippen LogP contribution in [0.25, 0.3) is 0 Å². The van der Waals surface area contributed by atoms with Crippen molar-refractivity contribution in [2.24, 2.45) is 0 Å². The molecule has 0 amide bonds. The van der Waals surface area contributed by atoms with E-state index in [9.17, 15) is 10.1 Å². The Kier molecular flexibility index (Phi) is 5.29. The number of halogens is 1. The van der Waals surface area contributed by atoms with Gasteiger partial charge in [-0.1, -0.05) is 11.6 Å². The van der Waals surface area contributed by atoms with Crippen LogP contribution in [0, 0.1) is 10.1 Å². The molecule has 0 aliphatic carbocycles. The smallest absolute Gasteiger partial charge is 0.269 e.